The molecule has 0 unspecified atom stereocenters. The van der Waals surface area contributed by atoms with Crippen LogP contribution in [0.3, 0.4) is 0 Å². The van der Waals surface area contributed by atoms with E-state index in [4.69, 9.17) is 10.1 Å². The molecule has 48 heavy (non-hydrogen) atoms. The van der Waals surface area contributed by atoms with Crippen molar-refractivity contribution in [3.8, 4) is 11.1 Å². The lowest BCUT2D eigenvalue weighted by atomic mass is 9.49. The molecular weight excluding hydrogens is 619 g/mol. The predicted molar refractivity (Wildman–Crippen MR) is 187 cm³/mol. The zero-order valence-corrected chi connectivity index (χ0v) is 28.0. The van der Waals surface area contributed by atoms with Crippen LogP contribution in [0, 0.1) is 30.1 Å². The number of Topliss-reactive ketones (excluding diaryl/α,β-unsaturated/α-hetero) is 1. The number of carboxylic acids is 1. The molecule has 0 atom stereocenters. The molecule has 10 rings (SSSR count). The molecule has 0 saturated heterocycles. The minimum Gasteiger partial charge on any atom is -0.476 e. The SMILES string of the molecule is Cc1c(-c2ccc(N3CCc4cccc(C(=O)Cc5nc6ccccc6s5)c4C3)nc2C(=O)O)cnn1CC12CC3CC(CC(C3)C1)C2. The monoisotopic (exact) mass is 657 g/mol. The number of aromatic carboxylic acids is 1. The molecule has 8 nitrogen and oxygen atoms in total. The summed E-state index contributed by atoms with van der Waals surface area (Å²) in [6.45, 7) is 4.17. The van der Waals surface area contributed by atoms with E-state index in [1.54, 1.807) is 11.3 Å². The highest BCUT2D eigenvalue weighted by molar-refractivity contribution is 7.18. The average Bonchev–Trinajstić information content (AvgIpc) is 3.65. The largest absolute Gasteiger partial charge is 0.476 e. The summed E-state index contributed by atoms with van der Waals surface area (Å²) in [5, 5.41) is 16.0. The van der Waals surface area contributed by atoms with Crippen molar-refractivity contribution in [2.24, 2.45) is 23.2 Å². The number of benzene rings is 2. The number of ketones is 1. The number of aromatic nitrogens is 4. The van der Waals surface area contributed by atoms with Crippen molar-refractivity contribution in [3.05, 3.63) is 93.9 Å². The summed E-state index contributed by atoms with van der Waals surface area (Å²) in [7, 11) is 0. The van der Waals surface area contributed by atoms with Gasteiger partial charge in [-0.25, -0.2) is 14.8 Å². The number of carboxylic acid groups (broad SMARTS) is 1. The van der Waals surface area contributed by atoms with Gasteiger partial charge < -0.3 is 10.0 Å². The minimum atomic E-state index is -1.05. The lowest BCUT2D eigenvalue weighted by Crippen LogP contribution is -2.48. The fourth-order valence-corrected chi connectivity index (χ4v) is 10.9. The van der Waals surface area contributed by atoms with Crippen molar-refractivity contribution in [1.82, 2.24) is 19.7 Å². The van der Waals surface area contributed by atoms with Crippen molar-refractivity contribution < 1.29 is 14.7 Å². The van der Waals surface area contributed by atoms with Crippen LogP contribution in [0.2, 0.25) is 0 Å². The van der Waals surface area contributed by atoms with Gasteiger partial charge in [0.05, 0.1) is 22.8 Å². The van der Waals surface area contributed by atoms with E-state index >= 15 is 0 Å². The number of rotatable bonds is 8. The molecule has 4 fully saturated rings. The van der Waals surface area contributed by atoms with Crippen molar-refractivity contribution in [3.63, 3.8) is 0 Å². The molecule has 4 aliphatic carbocycles. The number of carbonyl (C=O) groups is 2. The fourth-order valence-electron chi connectivity index (χ4n) is 9.94. The Morgan fingerprint density at radius 2 is 1.71 bits per heavy atom. The van der Waals surface area contributed by atoms with Crippen LogP contribution in [0.25, 0.3) is 21.3 Å². The van der Waals surface area contributed by atoms with E-state index in [1.807, 2.05) is 54.7 Å². The van der Waals surface area contributed by atoms with E-state index in [1.165, 1.54) is 38.5 Å². The second-order valence-corrected chi connectivity index (χ2v) is 16.0. The van der Waals surface area contributed by atoms with Crippen molar-refractivity contribution in [2.45, 2.75) is 71.4 Å². The van der Waals surface area contributed by atoms with Crippen LogP contribution in [0.4, 0.5) is 5.82 Å². The van der Waals surface area contributed by atoms with Crippen LogP contribution >= 0.6 is 11.3 Å². The number of thiazole rings is 1. The fraction of sp³-hybridized carbons (Fsp3) is 0.410. The standard InChI is InChI=1S/C39H39N5O3S/c1-23-30(20-40-44(23)22-39-17-24-13-25(18-39)15-26(14-24)19-39)29-9-10-35(42-37(29)38(46)47)43-12-11-27-5-4-6-28(31(27)21-43)33(45)16-36-41-32-7-2-3-8-34(32)48-36/h2-10,20,24-26H,11-19,21-22H2,1H3,(H,46,47). The molecule has 4 heterocycles. The van der Waals surface area contributed by atoms with E-state index < -0.39 is 5.97 Å². The molecule has 3 aromatic heterocycles. The predicted octanol–water partition coefficient (Wildman–Crippen LogP) is 7.77. The molecule has 9 heteroatoms. The summed E-state index contributed by atoms with van der Waals surface area (Å²) >= 11 is 1.56. The van der Waals surface area contributed by atoms with E-state index in [9.17, 15) is 14.7 Å². The number of hydrogen-bond donors (Lipinski definition) is 1. The second-order valence-electron chi connectivity index (χ2n) is 14.9. The molecule has 5 aromatic rings. The number of pyridine rings is 1. The molecule has 244 valence electrons. The number of para-hydroxylation sites is 1. The Kier molecular flexibility index (Phi) is 7.04. The van der Waals surface area contributed by atoms with Crippen LogP contribution in [-0.4, -0.2) is 43.2 Å². The lowest BCUT2D eigenvalue weighted by Gasteiger charge is -2.56. The number of carbonyl (C=O) groups excluding carboxylic acids is 1. The Labute approximate surface area is 283 Å². The number of hydrogen-bond acceptors (Lipinski definition) is 7. The minimum absolute atomic E-state index is 0.0379. The van der Waals surface area contributed by atoms with Gasteiger partial charge in [-0.15, -0.1) is 11.3 Å². The first-order valence-corrected chi connectivity index (χ1v) is 18.1. The zero-order chi connectivity index (χ0) is 32.6. The third-order valence-electron chi connectivity index (χ3n) is 11.7. The Hall–Kier alpha value is -4.37. The summed E-state index contributed by atoms with van der Waals surface area (Å²) in [5.74, 6) is 2.21. The lowest BCUT2D eigenvalue weighted by molar-refractivity contribution is -0.0638. The highest BCUT2D eigenvalue weighted by Crippen LogP contribution is 2.60. The summed E-state index contributed by atoms with van der Waals surface area (Å²) in [5.41, 5.74) is 6.57. The third-order valence-corrected chi connectivity index (χ3v) is 12.7. The topological polar surface area (TPSA) is 101 Å². The quantitative estimate of drug-likeness (QED) is 0.170. The van der Waals surface area contributed by atoms with Gasteiger partial charge in [-0.05, 0) is 110 Å². The van der Waals surface area contributed by atoms with Gasteiger partial charge in [-0.1, -0.05) is 30.3 Å². The van der Waals surface area contributed by atoms with Crippen LogP contribution in [0.1, 0.15) is 81.2 Å². The van der Waals surface area contributed by atoms with Gasteiger partial charge in [-0.2, -0.15) is 5.10 Å². The van der Waals surface area contributed by atoms with Gasteiger partial charge in [0.25, 0.3) is 0 Å². The molecule has 0 spiro atoms. The highest BCUT2D eigenvalue weighted by atomic mass is 32.1. The molecule has 5 aliphatic rings. The van der Waals surface area contributed by atoms with Gasteiger partial charge in [0.1, 0.15) is 10.8 Å². The van der Waals surface area contributed by atoms with Crippen molar-refractivity contribution in [1.29, 1.82) is 0 Å². The second kappa shape index (κ2) is 11.4. The summed E-state index contributed by atoms with van der Waals surface area (Å²) in [4.78, 5) is 37.8. The van der Waals surface area contributed by atoms with Crippen LogP contribution < -0.4 is 4.90 Å². The first kappa shape index (κ1) is 29.7. The van der Waals surface area contributed by atoms with Gasteiger partial charge in [-0.3, -0.25) is 9.48 Å². The smallest absolute Gasteiger partial charge is 0.355 e. The van der Waals surface area contributed by atoms with Crippen LogP contribution in [-0.2, 0) is 25.9 Å². The molecule has 0 amide bonds. The first-order chi connectivity index (χ1) is 23.3. The maximum atomic E-state index is 13.6. The Morgan fingerprint density at radius 1 is 0.938 bits per heavy atom. The van der Waals surface area contributed by atoms with Gasteiger partial charge in [0, 0.05) is 42.0 Å². The van der Waals surface area contributed by atoms with Gasteiger partial charge in [0.15, 0.2) is 11.5 Å². The zero-order valence-electron chi connectivity index (χ0n) is 27.2. The normalized spacial score (nSPS) is 24.3. The Balaban J connectivity index is 0.970. The molecule has 1 N–H and O–H groups in total. The molecule has 1 aliphatic heterocycles. The third kappa shape index (κ3) is 5.14. The number of fused-ring (bicyclic) bond motifs is 2. The van der Waals surface area contributed by atoms with Crippen molar-refractivity contribution in [2.75, 3.05) is 11.4 Å². The van der Waals surface area contributed by atoms with E-state index in [2.05, 4.69) is 27.6 Å². The van der Waals surface area contributed by atoms with Crippen LogP contribution in [0.15, 0.2) is 60.8 Å². The van der Waals surface area contributed by atoms with Gasteiger partial charge >= 0.3 is 5.97 Å². The highest BCUT2D eigenvalue weighted by Gasteiger charge is 2.51. The van der Waals surface area contributed by atoms with E-state index in [0.29, 0.717) is 35.4 Å². The maximum Gasteiger partial charge on any atom is 0.355 e. The average molecular weight is 658 g/mol. The number of anilines is 1. The molecule has 2 aromatic carbocycles. The van der Waals surface area contributed by atoms with Crippen LogP contribution in [0.5, 0.6) is 0 Å². The Morgan fingerprint density at radius 3 is 2.46 bits per heavy atom. The molecule has 4 bridgehead atoms. The molecule has 0 radical (unpaired) electrons. The van der Waals surface area contributed by atoms with E-state index in [-0.39, 0.29) is 17.9 Å². The van der Waals surface area contributed by atoms with Gasteiger partial charge in [0.2, 0.25) is 0 Å². The number of nitrogens with zero attached hydrogens (tertiary/aromatic N) is 5. The molecular formula is C39H39N5O3S. The summed E-state index contributed by atoms with van der Waals surface area (Å²) in [6.07, 6.45) is 11.0. The molecule has 4 saturated carbocycles. The summed E-state index contributed by atoms with van der Waals surface area (Å²) < 4.78 is 3.21. The summed E-state index contributed by atoms with van der Waals surface area (Å²) in [6, 6.07) is 17.7. The van der Waals surface area contributed by atoms with E-state index in [0.717, 1.165) is 68.3 Å². The van der Waals surface area contributed by atoms with Crippen molar-refractivity contribution >= 4 is 39.1 Å². The maximum absolute atomic E-state index is 13.6. The first-order valence-electron chi connectivity index (χ1n) is 17.3. The Bertz CT molecular complexity index is 2030.